The summed E-state index contributed by atoms with van der Waals surface area (Å²) >= 11 is 0. The van der Waals surface area contributed by atoms with Gasteiger partial charge in [0.2, 0.25) is 0 Å². The van der Waals surface area contributed by atoms with Crippen LogP contribution in [0.15, 0.2) is 9.98 Å². The Labute approximate surface area is 158 Å². The SMILES string of the molecule is C.CCC(=O)CN=C(N)NC(N)=NCCCC[N+](C)(C)C.CS(=O)(=O)O. The summed E-state index contributed by atoms with van der Waals surface area (Å²) in [5, 5.41) is 2.67. The number of carbonyl (C=O) groups is 1. The largest absolute Gasteiger partial charge is 0.370 e. The average Bonchev–Trinajstić information content (AvgIpc) is 2.41. The molecule has 0 saturated carbocycles. The molecule has 0 aliphatic rings. The lowest BCUT2D eigenvalue weighted by Gasteiger charge is -2.23. The van der Waals surface area contributed by atoms with Crippen molar-refractivity contribution in [3.05, 3.63) is 0 Å². The van der Waals surface area contributed by atoms with Gasteiger partial charge in [0.05, 0.1) is 33.9 Å². The van der Waals surface area contributed by atoms with E-state index < -0.39 is 10.1 Å². The number of quaternary nitrogens is 1. The molecule has 0 fully saturated rings. The molecule has 0 aromatic carbocycles. The van der Waals surface area contributed by atoms with E-state index >= 15 is 0 Å². The number of guanidine groups is 2. The number of hydrogen-bond donors (Lipinski definition) is 4. The van der Waals surface area contributed by atoms with Crippen LogP contribution in [-0.4, -0.2) is 82.2 Å². The number of aliphatic imine (C=N–C) groups is 2. The Kier molecular flexibility index (Phi) is 16.1. The molecular formula is C15H37N6O4S+. The van der Waals surface area contributed by atoms with Crippen molar-refractivity contribution < 1.29 is 22.2 Å². The Morgan fingerprint density at radius 2 is 1.58 bits per heavy atom. The molecule has 10 nitrogen and oxygen atoms in total. The van der Waals surface area contributed by atoms with Crippen molar-refractivity contribution in [3.63, 3.8) is 0 Å². The van der Waals surface area contributed by atoms with Gasteiger partial charge in [-0.1, -0.05) is 14.4 Å². The summed E-state index contributed by atoms with van der Waals surface area (Å²) in [5.74, 6) is 0.394. The highest BCUT2D eigenvalue weighted by Crippen LogP contribution is 1.97. The lowest BCUT2D eigenvalue weighted by molar-refractivity contribution is -0.870. The van der Waals surface area contributed by atoms with Crippen LogP contribution in [0.4, 0.5) is 0 Å². The first kappa shape index (κ1) is 29.1. The molecule has 156 valence electrons. The minimum Gasteiger partial charge on any atom is -0.370 e. The number of ketones is 1. The molecule has 0 heterocycles. The first-order chi connectivity index (χ1) is 11.2. The van der Waals surface area contributed by atoms with E-state index in [1.54, 1.807) is 6.92 Å². The average molecular weight is 398 g/mol. The third kappa shape index (κ3) is 30.2. The van der Waals surface area contributed by atoms with Crippen molar-refractivity contribution in [2.75, 3.05) is 47.0 Å². The van der Waals surface area contributed by atoms with Crippen LogP contribution in [0.1, 0.15) is 33.6 Å². The molecule has 0 aromatic heterocycles. The van der Waals surface area contributed by atoms with E-state index in [-0.39, 0.29) is 31.7 Å². The maximum atomic E-state index is 11.1. The summed E-state index contributed by atoms with van der Waals surface area (Å²) < 4.78 is 26.8. The Morgan fingerprint density at radius 1 is 1.12 bits per heavy atom. The summed E-state index contributed by atoms with van der Waals surface area (Å²) in [7, 11) is 2.82. The predicted octanol–water partition coefficient (Wildman–Crippen LogP) is -0.189. The van der Waals surface area contributed by atoms with Crippen molar-refractivity contribution in [1.29, 1.82) is 0 Å². The van der Waals surface area contributed by atoms with Gasteiger partial charge in [0.1, 0.15) is 6.54 Å². The molecule has 0 radical (unpaired) electrons. The molecule has 6 N–H and O–H groups in total. The summed E-state index contributed by atoms with van der Waals surface area (Å²) in [6.07, 6.45) is 3.23. The molecule has 0 aliphatic carbocycles. The van der Waals surface area contributed by atoms with E-state index in [0.717, 1.165) is 23.9 Å². The second-order valence-corrected chi connectivity index (χ2v) is 7.91. The second-order valence-electron chi connectivity index (χ2n) is 6.44. The van der Waals surface area contributed by atoms with Crippen LogP contribution in [0.5, 0.6) is 0 Å². The standard InChI is InChI=1S/C13H29N6O.CH4O3S.CH4/c1-5-11(20)10-17-13(15)18-12(14)16-8-6-7-9-19(2,3)4;1-5(2,3)4;/h5-10H2,1-4H3,(H5,14,15,16,17,18);1H3,(H,2,3,4);1H4/q+1;;. The number of unbranched alkanes of at least 4 members (excludes halogenated alkanes) is 1. The first-order valence-corrected chi connectivity index (χ1v) is 9.71. The van der Waals surface area contributed by atoms with Crippen molar-refractivity contribution in [3.8, 4) is 0 Å². The molecule has 0 aromatic rings. The highest BCUT2D eigenvalue weighted by molar-refractivity contribution is 7.85. The third-order valence-corrected chi connectivity index (χ3v) is 2.60. The van der Waals surface area contributed by atoms with E-state index in [1.807, 2.05) is 0 Å². The van der Waals surface area contributed by atoms with Crippen LogP contribution in [0.2, 0.25) is 0 Å². The molecule has 0 saturated heterocycles. The zero-order valence-corrected chi connectivity index (χ0v) is 16.6. The lowest BCUT2D eigenvalue weighted by Crippen LogP contribution is -2.42. The topological polar surface area (TPSA) is 160 Å². The zero-order valence-electron chi connectivity index (χ0n) is 15.8. The number of Topliss-reactive ketones (excluding diaryl/α,β-unsaturated/α-hetero) is 1. The molecule has 11 heteroatoms. The van der Waals surface area contributed by atoms with Gasteiger partial charge in [0, 0.05) is 13.0 Å². The van der Waals surface area contributed by atoms with Gasteiger partial charge in [0.25, 0.3) is 10.1 Å². The Bertz CT molecular complexity index is 545. The molecule has 0 bridgehead atoms. The van der Waals surface area contributed by atoms with Crippen molar-refractivity contribution in [1.82, 2.24) is 5.32 Å². The number of nitrogens with zero attached hydrogens (tertiary/aromatic N) is 3. The smallest absolute Gasteiger partial charge is 0.261 e. The highest BCUT2D eigenvalue weighted by atomic mass is 32.2. The van der Waals surface area contributed by atoms with Crippen LogP contribution < -0.4 is 16.8 Å². The minimum atomic E-state index is -3.67. The fourth-order valence-corrected chi connectivity index (χ4v) is 1.39. The number of nitrogens with two attached hydrogens (primary N) is 2. The molecular weight excluding hydrogens is 360 g/mol. The molecule has 0 atom stereocenters. The summed E-state index contributed by atoms with van der Waals surface area (Å²) in [6, 6.07) is 0. The number of hydrogen-bond acceptors (Lipinski definition) is 5. The molecule has 0 unspecified atom stereocenters. The molecule has 0 rings (SSSR count). The van der Waals surface area contributed by atoms with Crippen LogP contribution in [0.25, 0.3) is 0 Å². The van der Waals surface area contributed by atoms with Crippen LogP contribution in [0.3, 0.4) is 0 Å². The maximum absolute atomic E-state index is 11.1. The Morgan fingerprint density at radius 3 is 2.00 bits per heavy atom. The van der Waals surface area contributed by atoms with E-state index in [2.05, 4.69) is 36.4 Å². The van der Waals surface area contributed by atoms with Gasteiger partial charge in [-0.2, -0.15) is 8.42 Å². The second kappa shape index (κ2) is 14.4. The maximum Gasteiger partial charge on any atom is 0.261 e. The lowest BCUT2D eigenvalue weighted by atomic mass is 10.3. The normalized spacial score (nSPS) is 12.5. The molecule has 0 aliphatic heterocycles. The van der Waals surface area contributed by atoms with Gasteiger partial charge in [-0.15, -0.1) is 0 Å². The minimum absolute atomic E-state index is 0. The summed E-state index contributed by atoms with van der Waals surface area (Å²) in [6.45, 7) is 3.62. The molecule has 0 spiro atoms. The van der Waals surface area contributed by atoms with E-state index in [9.17, 15) is 13.2 Å². The van der Waals surface area contributed by atoms with Crippen LogP contribution in [0, 0.1) is 0 Å². The van der Waals surface area contributed by atoms with Crippen molar-refractivity contribution >= 4 is 27.8 Å². The highest BCUT2D eigenvalue weighted by Gasteiger charge is 2.05. The molecule has 26 heavy (non-hydrogen) atoms. The van der Waals surface area contributed by atoms with Gasteiger partial charge in [-0.25, -0.2) is 4.99 Å². The first-order valence-electron chi connectivity index (χ1n) is 7.86. The van der Waals surface area contributed by atoms with Gasteiger partial charge in [-0.3, -0.25) is 19.7 Å². The van der Waals surface area contributed by atoms with E-state index in [0.29, 0.717) is 19.2 Å². The quantitative estimate of drug-likeness (QED) is 0.145. The number of rotatable bonds is 8. The van der Waals surface area contributed by atoms with Crippen LogP contribution >= 0.6 is 0 Å². The Balaban J connectivity index is -0.000000772. The van der Waals surface area contributed by atoms with Gasteiger partial charge < -0.3 is 16.0 Å². The van der Waals surface area contributed by atoms with E-state index in [4.69, 9.17) is 16.0 Å². The zero-order chi connectivity index (χ0) is 20.1. The molecule has 0 amide bonds. The Hall–Kier alpha value is -1.72. The van der Waals surface area contributed by atoms with E-state index in [1.165, 1.54) is 0 Å². The number of nitrogens with one attached hydrogen (secondary N) is 1. The summed E-state index contributed by atoms with van der Waals surface area (Å²) in [5.41, 5.74) is 11.3. The van der Waals surface area contributed by atoms with Gasteiger partial charge >= 0.3 is 0 Å². The van der Waals surface area contributed by atoms with Gasteiger partial charge in [0.15, 0.2) is 17.7 Å². The van der Waals surface area contributed by atoms with Gasteiger partial charge in [-0.05, 0) is 12.8 Å². The van der Waals surface area contributed by atoms with Crippen molar-refractivity contribution in [2.24, 2.45) is 21.5 Å². The summed E-state index contributed by atoms with van der Waals surface area (Å²) in [4.78, 5) is 19.1. The monoisotopic (exact) mass is 397 g/mol. The predicted molar refractivity (Wildman–Crippen MR) is 108 cm³/mol. The fourth-order valence-electron chi connectivity index (χ4n) is 1.39. The van der Waals surface area contributed by atoms with Crippen LogP contribution in [-0.2, 0) is 14.9 Å². The van der Waals surface area contributed by atoms with Crippen molar-refractivity contribution in [2.45, 2.75) is 33.6 Å². The fraction of sp³-hybridized carbons (Fsp3) is 0.800. The third-order valence-electron chi connectivity index (χ3n) is 2.60. The number of carbonyl (C=O) groups excluding carboxylic acids is 1.